The van der Waals surface area contributed by atoms with E-state index in [2.05, 4.69) is 25.9 Å². The van der Waals surface area contributed by atoms with Gasteiger partial charge in [0.2, 0.25) is 0 Å². The van der Waals surface area contributed by atoms with Crippen molar-refractivity contribution in [2.24, 2.45) is 11.7 Å². The Morgan fingerprint density at radius 3 is 2.75 bits per heavy atom. The van der Waals surface area contributed by atoms with Crippen LogP contribution in [0.15, 0.2) is 24.3 Å². The Kier molecular flexibility index (Phi) is 5.29. The minimum absolute atomic E-state index is 0.525. The molecule has 0 saturated carbocycles. The largest absolute Gasteiger partial charge is 0.493 e. The predicted octanol–water partition coefficient (Wildman–Crippen LogP) is 1.72. The van der Waals surface area contributed by atoms with Crippen molar-refractivity contribution in [3.05, 3.63) is 29.8 Å². The summed E-state index contributed by atoms with van der Waals surface area (Å²) < 4.78 is 5.73. The quantitative estimate of drug-likeness (QED) is 0.796. The molecular weight excluding hydrogens is 200 g/mol. The number of rotatable bonds is 6. The van der Waals surface area contributed by atoms with E-state index in [0.29, 0.717) is 12.5 Å². The molecule has 1 atom stereocenters. The maximum Gasteiger partial charge on any atom is 0.119 e. The second-order valence-corrected chi connectivity index (χ2v) is 4.53. The first kappa shape index (κ1) is 13.0. The highest BCUT2D eigenvalue weighted by atomic mass is 16.5. The molecule has 1 aromatic rings. The van der Waals surface area contributed by atoms with Gasteiger partial charge in [-0.05, 0) is 31.8 Å². The van der Waals surface area contributed by atoms with Crippen LogP contribution in [0.2, 0.25) is 0 Å². The molecule has 3 nitrogen and oxygen atoms in total. The van der Waals surface area contributed by atoms with Gasteiger partial charge in [0.25, 0.3) is 0 Å². The molecule has 0 aliphatic rings. The Balaban J connectivity index is 2.41. The number of hydrogen-bond donors (Lipinski definition) is 1. The average Bonchev–Trinajstić information content (AvgIpc) is 2.26. The van der Waals surface area contributed by atoms with Gasteiger partial charge in [-0.2, -0.15) is 0 Å². The third kappa shape index (κ3) is 4.64. The smallest absolute Gasteiger partial charge is 0.119 e. The number of hydrogen-bond acceptors (Lipinski definition) is 3. The highest BCUT2D eigenvalue weighted by molar-refractivity contribution is 5.28. The van der Waals surface area contributed by atoms with Gasteiger partial charge < -0.3 is 15.4 Å². The average molecular weight is 222 g/mol. The Bertz CT molecular complexity index is 313. The molecule has 0 amide bonds. The second kappa shape index (κ2) is 6.51. The molecule has 3 heteroatoms. The fourth-order valence-electron chi connectivity index (χ4n) is 1.68. The molecule has 0 fully saturated rings. The molecule has 0 aliphatic heterocycles. The normalized spacial score (nSPS) is 12.8. The first-order valence-corrected chi connectivity index (χ1v) is 5.68. The lowest BCUT2D eigenvalue weighted by Gasteiger charge is -2.17. The van der Waals surface area contributed by atoms with Crippen LogP contribution in [0.4, 0.5) is 0 Å². The Morgan fingerprint density at radius 1 is 1.38 bits per heavy atom. The van der Waals surface area contributed by atoms with Crippen molar-refractivity contribution in [3.8, 4) is 5.75 Å². The first-order valence-electron chi connectivity index (χ1n) is 5.68. The highest BCUT2D eigenvalue weighted by Crippen LogP contribution is 2.14. The second-order valence-electron chi connectivity index (χ2n) is 4.53. The summed E-state index contributed by atoms with van der Waals surface area (Å²) in [5, 5.41) is 0. The molecule has 0 aliphatic carbocycles. The summed E-state index contributed by atoms with van der Waals surface area (Å²) in [6.07, 6.45) is 0. The van der Waals surface area contributed by atoms with E-state index in [4.69, 9.17) is 10.5 Å². The SMILES string of the molecule is CC(COc1cccc(CN)c1)CN(C)C. The molecule has 1 aromatic carbocycles. The number of nitrogens with two attached hydrogens (primary N) is 1. The van der Waals surface area contributed by atoms with Gasteiger partial charge in [-0.15, -0.1) is 0 Å². The lowest BCUT2D eigenvalue weighted by atomic mass is 10.2. The van der Waals surface area contributed by atoms with E-state index in [1.165, 1.54) is 0 Å². The summed E-state index contributed by atoms with van der Waals surface area (Å²) in [6.45, 7) is 4.53. The third-order valence-corrected chi connectivity index (χ3v) is 2.35. The van der Waals surface area contributed by atoms with E-state index in [0.717, 1.165) is 24.5 Å². The Labute approximate surface area is 98.2 Å². The van der Waals surface area contributed by atoms with Crippen LogP contribution < -0.4 is 10.5 Å². The summed E-state index contributed by atoms with van der Waals surface area (Å²) in [4.78, 5) is 2.17. The van der Waals surface area contributed by atoms with E-state index in [-0.39, 0.29) is 0 Å². The van der Waals surface area contributed by atoms with Crippen LogP contribution in [0.3, 0.4) is 0 Å². The van der Waals surface area contributed by atoms with Crippen molar-refractivity contribution >= 4 is 0 Å². The molecule has 1 unspecified atom stereocenters. The summed E-state index contributed by atoms with van der Waals surface area (Å²) in [7, 11) is 4.15. The van der Waals surface area contributed by atoms with Crippen LogP contribution >= 0.6 is 0 Å². The summed E-state index contributed by atoms with van der Waals surface area (Å²) >= 11 is 0. The molecule has 90 valence electrons. The molecule has 0 spiro atoms. The zero-order valence-electron chi connectivity index (χ0n) is 10.4. The van der Waals surface area contributed by atoms with Gasteiger partial charge in [-0.3, -0.25) is 0 Å². The van der Waals surface area contributed by atoms with Gasteiger partial charge in [0.05, 0.1) is 6.61 Å². The lowest BCUT2D eigenvalue weighted by Crippen LogP contribution is -2.24. The molecular formula is C13H22N2O. The van der Waals surface area contributed by atoms with Crippen molar-refractivity contribution in [3.63, 3.8) is 0 Å². The molecule has 0 aromatic heterocycles. The number of benzene rings is 1. The van der Waals surface area contributed by atoms with Crippen molar-refractivity contribution in [2.45, 2.75) is 13.5 Å². The fourth-order valence-corrected chi connectivity index (χ4v) is 1.68. The molecule has 16 heavy (non-hydrogen) atoms. The highest BCUT2D eigenvalue weighted by Gasteiger charge is 2.04. The van der Waals surface area contributed by atoms with Crippen LogP contribution in [-0.4, -0.2) is 32.1 Å². The van der Waals surface area contributed by atoms with Crippen LogP contribution in [0.5, 0.6) is 5.75 Å². The standard InChI is InChI=1S/C13H22N2O/c1-11(9-15(2)3)10-16-13-6-4-5-12(7-13)8-14/h4-7,11H,8-10,14H2,1-3H3. The zero-order chi connectivity index (χ0) is 12.0. The third-order valence-electron chi connectivity index (χ3n) is 2.35. The zero-order valence-corrected chi connectivity index (χ0v) is 10.4. The molecule has 0 saturated heterocycles. The van der Waals surface area contributed by atoms with E-state index in [1.807, 2.05) is 24.3 Å². The van der Waals surface area contributed by atoms with Crippen LogP contribution in [0.1, 0.15) is 12.5 Å². The fraction of sp³-hybridized carbons (Fsp3) is 0.538. The topological polar surface area (TPSA) is 38.5 Å². The van der Waals surface area contributed by atoms with Gasteiger partial charge in [0.1, 0.15) is 5.75 Å². The van der Waals surface area contributed by atoms with Crippen LogP contribution in [0, 0.1) is 5.92 Å². The summed E-state index contributed by atoms with van der Waals surface area (Å²) in [5.74, 6) is 1.44. The van der Waals surface area contributed by atoms with E-state index >= 15 is 0 Å². The maximum absolute atomic E-state index is 5.73. The van der Waals surface area contributed by atoms with Crippen molar-refractivity contribution in [2.75, 3.05) is 27.2 Å². The molecule has 1 rings (SSSR count). The van der Waals surface area contributed by atoms with Gasteiger partial charge in [0.15, 0.2) is 0 Å². The van der Waals surface area contributed by atoms with E-state index in [1.54, 1.807) is 0 Å². The predicted molar refractivity (Wildman–Crippen MR) is 67.5 cm³/mol. The van der Waals surface area contributed by atoms with Crippen molar-refractivity contribution in [1.29, 1.82) is 0 Å². The summed E-state index contributed by atoms with van der Waals surface area (Å²) in [5.41, 5.74) is 6.69. The molecule has 0 radical (unpaired) electrons. The number of nitrogens with zero attached hydrogens (tertiary/aromatic N) is 1. The van der Waals surface area contributed by atoms with E-state index in [9.17, 15) is 0 Å². The van der Waals surface area contributed by atoms with Crippen molar-refractivity contribution < 1.29 is 4.74 Å². The summed E-state index contributed by atoms with van der Waals surface area (Å²) in [6, 6.07) is 7.97. The van der Waals surface area contributed by atoms with Crippen LogP contribution in [-0.2, 0) is 6.54 Å². The molecule has 0 heterocycles. The lowest BCUT2D eigenvalue weighted by molar-refractivity contribution is 0.222. The maximum atomic E-state index is 5.73. The van der Waals surface area contributed by atoms with Gasteiger partial charge >= 0.3 is 0 Å². The minimum atomic E-state index is 0.525. The van der Waals surface area contributed by atoms with E-state index < -0.39 is 0 Å². The Hall–Kier alpha value is -1.06. The number of ether oxygens (including phenoxy) is 1. The van der Waals surface area contributed by atoms with Crippen LogP contribution in [0.25, 0.3) is 0 Å². The minimum Gasteiger partial charge on any atom is -0.493 e. The van der Waals surface area contributed by atoms with Gasteiger partial charge in [0, 0.05) is 19.0 Å². The van der Waals surface area contributed by atoms with Gasteiger partial charge in [-0.25, -0.2) is 0 Å². The Morgan fingerprint density at radius 2 is 2.12 bits per heavy atom. The van der Waals surface area contributed by atoms with Crippen molar-refractivity contribution in [1.82, 2.24) is 4.90 Å². The molecule has 0 bridgehead atoms. The molecule has 2 N–H and O–H groups in total. The monoisotopic (exact) mass is 222 g/mol. The first-order chi connectivity index (χ1) is 7.61. The van der Waals surface area contributed by atoms with Gasteiger partial charge in [-0.1, -0.05) is 19.1 Å².